The highest BCUT2D eigenvalue weighted by Crippen LogP contribution is 2.29. The SMILES string of the molecule is CC(C)CCNC(=O)c1ccccc1-c1ncc(-c2cccc(Br)c2)o1. The summed E-state index contributed by atoms with van der Waals surface area (Å²) < 4.78 is 6.90. The molecule has 0 fully saturated rings. The van der Waals surface area contributed by atoms with Crippen molar-refractivity contribution in [2.24, 2.45) is 5.92 Å². The van der Waals surface area contributed by atoms with Crippen molar-refractivity contribution in [2.45, 2.75) is 20.3 Å². The Morgan fingerprint density at radius 2 is 2.00 bits per heavy atom. The van der Waals surface area contributed by atoms with Crippen LogP contribution in [0.5, 0.6) is 0 Å². The molecule has 5 heteroatoms. The van der Waals surface area contributed by atoms with Gasteiger partial charge in [0.15, 0.2) is 5.76 Å². The molecule has 0 atom stereocenters. The number of carbonyl (C=O) groups is 1. The summed E-state index contributed by atoms with van der Waals surface area (Å²) in [6, 6.07) is 15.2. The van der Waals surface area contributed by atoms with E-state index in [1.54, 1.807) is 12.3 Å². The zero-order valence-corrected chi connectivity index (χ0v) is 16.4. The second kappa shape index (κ2) is 8.32. The summed E-state index contributed by atoms with van der Waals surface area (Å²) in [5.74, 6) is 1.54. The number of benzene rings is 2. The average Bonchev–Trinajstić information content (AvgIpc) is 3.11. The van der Waals surface area contributed by atoms with Gasteiger partial charge < -0.3 is 9.73 Å². The van der Waals surface area contributed by atoms with Gasteiger partial charge in [-0.2, -0.15) is 0 Å². The molecule has 0 radical (unpaired) electrons. The van der Waals surface area contributed by atoms with Crippen molar-refractivity contribution in [3.05, 3.63) is 64.8 Å². The largest absolute Gasteiger partial charge is 0.436 e. The first-order chi connectivity index (χ1) is 12.5. The quantitative estimate of drug-likeness (QED) is 0.577. The molecule has 1 amide bonds. The Hall–Kier alpha value is -2.40. The van der Waals surface area contributed by atoms with Gasteiger partial charge in [0.1, 0.15) is 0 Å². The number of amides is 1. The molecule has 3 aromatic rings. The zero-order valence-electron chi connectivity index (χ0n) is 14.8. The van der Waals surface area contributed by atoms with Gasteiger partial charge in [-0.25, -0.2) is 4.98 Å². The highest BCUT2D eigenvalue weighted by atomic mass is 79.9. The molecule has 0 aliphatic carbocycles. The maximum Gasteiger partial charge on any atom is 0.252 e. The number of halogens is 1. The maximum atomic E-state index is 12.6. The van der Waals surface area contributed by atoms with Crippen molar-refractivity contribution < 1.29 is 9.21 Å². The van der Waals surface area contributed by atoms with Crippen molar-refractivity contribution in [3.63, 3.8) is 0 Å². The van der Waals surface area contributed by atoms with Gasteiger partial charge in [-0.3, -0.25) is 4.79 Å². The second-order valence-corrected chi connectivity index (χ2v) is 7.44. The van der Waals surface area contributed by atoms with E-state index < -0.39 is 0 Å². The molecule has 1 heterocycles. The molecule has 3 rings (SSSR count). The number of nitrogens with zero attached hydrogens (tertiary/aromatic N) is 1. The molecule has 1 N–H and O–H groups in total. The lowest BCUT2D eigenvalue weighted by atomic mass is 10.1. The number of aromatic nitrogens is 1. The molecule has 0 aliphatic rings. The topological polar surface area (TPSA) is 55.1 Å². The average molecular weight is 413 g/mol. The lowest BCUT2D eigenvalue weighted by molar-refractivity contribution is 0.0952. The number of nitrogens with one attached hydrogen (secondary N) is 1. The fourth-order valence-corrected chi connectivity index (χ4v) is 3.01. The van der Waals surface area contributed by atoms with Gasteiger partial charge >= 0.3 is 0 Å². The molecular formula is C21H21BrN2O2. The number of carbonyl (C=O) groups excluding carboxylic acids is 1. The fourth-order valence-electron chi connectivity index (χ4n) is 2.61. The van der Waals surface area contributed by atoms with E-state index in [0.717, 1.165) is 16.5 Å². The predicted molar refractivity (Wildman–Crippen MR) is 107 cm³/mol. The van der Waals surface area contributed by atoms with Crippen molar-refractivity contribution in [1.82, 2.24) is 10.3 Å². The fraction of sp³-hybridized carbons (Fsp3) is 0.238. The molecule has 0 aliphatic heterocycles. The van der Waals surface area contributed by atoms with Crippen molar-refractivity contribution >= 4 is 21.8 Å². The van der Waals surface area contributed by atoms with Crippen molar-refractivity contribution in [2.75, 3.05) is 6.54 Å². The summed E-state index contributed by atoms with van der Waals surface area (Å²) in [4.78, 5) is 16.9. The molecule has 0 saturated heterocycles. The van der Waals surface area contributed by atoms with Gasteiger partial charge in [-0.05, 0) is 36.6 Å². The van der Waals surface area contributed by atoms with E-state index in [1.165, 1.54) is 0 Å². The van der Waals surface area contributed by atoms with Gasteiger partial charge in [-0.15, -0.1) is 0 Å². The first-order valence-electron chi connectivity index (χ1n) is 8.64. The summed E-state index contributed by atoms with van der Waals surface area (Å²) in [6.07, 6.45) is 2.63. The van der Waals surface area contributed by atoms with Crippen LogP contribution in [0.4, 0.5) is 0 Å². The molecule has 0 spiro atoms. The van der Waals surface area contributed by atoms with Crippen LogP contribution in [0.3, 0.4) is 0 Å². The van der Waals surface area contributed by atoms with Crippen LogP contribution >= 0.6 is 15.9 Å². The van der Waals surface area contributed by atoms with Gasteiger partial charge in [-0.1, -0.05) is 54.0 Å². The molecule has 26 heavy (non-hydrogen) atoms. The summed E-state index contributed by atoms with van der Waals surface area (Å²) in [5, 5.41) is 2.97. The minimum atomic E-state index is -0.108. The van der Waals surface area contributed by atoms with E-state index in [9.17, 15) is 4.79 Å². The Morgan fingerprint density at radius 1 is 1.19 bits per heavy atom. The smallest absolute Gasteiger partial charge is 0.252 e. The molecule has 1 aromatic heterocycles. The van der Waals surface area contributed by atoms with E-state index >= 15 is 0 Å². The van der Waals surface area contributed by atoms with Crippen LogP contribution in [-0.2, 0) is 0 Å². The molecule has 0 saturated carbocycles. The Labute approximate surface area is 161 Å². The summed E-state index contributed by atoms with van der Waals surface area (Å²) in [7, 11) is 0. The molecule has 134 valence electrons. The Morgan fingerprint density at radius 3 is 2.77 bits per heavy atom. The summed E-state index contributed by atoms with van der Waals surface area (Å²) >= 11 is 3.46. The number of oxazole rings is 1. The Kier molecular flexibility index (Phi) is 5.89. The monoisotopic (exact) mass is 412 g/mol. The van der Waals surface area contributed by atoms with Gasteiger partial charge in [0.2, 0.25) is 5.89 Å². The highest BCUT2D eigenvalue weighted by Gasteiger charge is 2.16. The number of hydrogen-bond donors (Lipinski definition) is 1. The molecule has 4 nitrogen and oxygen atoms in total. The van der Waals surface area contributed by atoms with Crippen LogP contribution in [0.2, 0.25) is 0 Å². The van der Waals surface area contributed by atoms with E-state index in [0.29, 0.717) is 35.2 Å². The first-order valence-corrected chi connectivity index (χ1v) is 9.43. The second-order valence-electron chi connectivity index (χ2n) is 6.52. The van der Waals surface area contributed by atoms with E-state index in [4.69, 9.17) is 4.42 Å². The van der Waals surface area contributed by atoms with Crippen molar-refractivity contribution in [3.8, 4) is 22.8 Å². The molecule has 2 aromatic carbocycles. The van der Waals surface area contributed by atoms with E-state index in [-0.39, 0.29) is 5.91 Å². The minimum Gasteiger partial charge on any atom is -0.436 e. The number of hydrogen-bond acceptors (Lipinski definition) is 3. The van der Waals surface area contributed by atoms with Crippen LogP contribution in [-0.4, -0.2) is 17.4 Å². The van der Waals surface area contributed by atoms with Crippen molar-refractivity contribution in [1.29, 1.82) is 0 Å². The van der Waals surface area contributed by atoms with E-state index in [2.05, 4.69) is 40.1 Å². The first kappa shape index (κ1) is 18.4. The molecule has 0 unspecified atom stereocenters. The lowest BCUT2D eigenvalue weighted by Crippen LogP contribution is -2.25. The standard InChI is InChI=1S/C21H21BrN2O2/c1-14(2)10-11-23-20(25)17-8-3-4-9-18(17)21-24-13-19(26-21)15-6-5-7-16(22)12-15/h3-9,12-14H,10-11H2,1-2H3,(H,23,25). The Balaban J connectivity index is 1.85. The predicted octanol–water partition coefficient (Wildman–Crippen LogP) is 5.55. The van der Waals surface area contributed by atoms with Gasteiger partial charge in [0.25, 0.3) is 5.91 Å². The third-order valence-electron chi connectivity index (χ3n) is 4.02. The molecule has 0 bridgehead atoms. The zero-order chi connectivity index (χ0) is 18.5. The van der Waals surface area contributed by atoms with Gasteiger partial charge in [0, 0.05) is 22.1 Å². The van der Waals surface area contributed by atoms with Crippen LogP contribution in [0.1, 0.15) is 30.6 Å². The highest BCUT2D eigenvalue weighted by molar-refractivity contribution is 9.10. The third-order valence-corrected chi connectivity index (χ3v) is 4.52. The Bertz CT molecular complexity index is 902. The third kappa shape index (κ3) is 4.41. The van der Waals surface area contributed by atoms with E-state index in [1.807, 2.05) is 42.5 Å². The van der Waals surface area contributed by atoms with Crippen LogP contribution in [0, 0.1) is 5.92 Å². The van der Waals surface area contributed by atoms with Crippen LogP contribution in [0.15, 0.2) is 63.6 Å². The minimum absolute atomic E-state index is 0.108. The summed E-state index contributed by atoms with van der Waals surface area (Å²) in [5.41, 5.74) is 2.19. The van der Waals surface area contributed by atoms with Gasteiger partial charge in [0.05, 0.1) is 11.8 Å². The van der Waals surface area contributed by atoms with Crippen LogP contribution in [0.25, 0.3) is 22.8 Å². The normalized spacial score (nSPS) is 10.9. The maximum absolute atomic E-state index is 12.6. The van der Waals surface area contributed by atoms with Crippen LogP contribution < -0.4 is 5.32 Å². The lowest BCUT2D eigenvalue weighted by Gasteiger charge is -2.09. The number of rotatable bonds is 6. The molecular weight excluding hydrogens is 392 g/mol. The summed E-state index contributed by atoms with van der Waals surface area (Å²) in [6.45, 7) is 4.92.